The number of carbonyl (C=O) groups excluding carboxylic acids is 1. The van der Waals surface area contributed by atoms with Crippen molar-refractivity contribution in [2.24, 2.45) is 17.8 Å². The van der Waals surface area contributed by atoms with Gasteiger partial charge in [0.2, 0.25) is 5.91 Å². The van der Waals surface area contributed by atoms with Crippen LogP contribution in [0.15, 0.2) is 0 Å². The normalized spacial score (nSPS) is 28.9. The van der Waals surface area contributed by atoms with Gasteiger partial charge < -0.3 is 10.2 Å². The summed E-state index contributed by atoms with van der Waals surface area (Å²) in [5, 5.41) is 3.10. The van der Waals surface area contributed by atoms with Crippen molar-refractivity contribution < 1.29 is 4.79 Å². The third-order valence-corrected chi connectivity index (χ3v) is 5.76. The van der Waals surface area contributed by atoms with Crippen LogP contribution in [-0.2, 0) is 4.79 Å². The molecule has 1 N–H and O–H groups in total. The Bertz CT molecular complexity index is 342. The third kappa shape index (κ3) is 4.45. The smallest absolute Gasteiger partial charge is 0.226 e. The zero-order valence-electron chi connectivity index (χ0n) is 15.0. The number of hydrogen-bond donors (Lipinski definition) is 1. The third-order valence-electron chi connectivity index (χ3n) is 5.76. The number of amides is 1. The van der Waals surface area contributed by atoms with E-state index >= 15 is 0 Å². The molecule has 128 valence electrons. The summed E-state index contributed by atoms with van der Waals surface area (Å²) in [4.78, 5) is 17.1. The van der Waals surface area contributed by atoms with Crippen molar-refractivity contribution in [1.82, 2.24) is 15.1 Å². The lowest BCUT2D eigenvalue weighted by Gasteiger charge is -2.43. The number of nitrogens with one attached hydrogen (secondary N) is 1. The molecule has 4 heteroatoms. The lowest BCUT2D eigenvalue weighted by atomic mass is 9.79. The first-order valence-electron chi connectivity index (χ1n) is 9.20. The maximum absolute atomic E-state index is 12.4. The number of rotatable bonds is 5. The monoisotopic (exact) mass is 309 g/mol. The van der Waals surface area contributed by atoms with E-state index in [1.54, 1.807) is 0 Å². The highest BCUT2D eigenvalue weighted by molar-refractivity contribution is 5.78. The Balaban J connectivity index is 1.75. The minimum atomic E-state index is 0.0954. The predicted octanol–water partition coefficient (Wildman–Crippen LogP) is 2.20. The van der Waals surface area contributed by atoms with Crippen molar-refractivity contribution in [3.05, 3.63) is 0 Å². The highest BCUT2D eigenvalue weighted by atomic mass is 16.2. The van der Waals surface area contributed by atoms with Crippen molar-refractivity contribution >= 4 is 5.91 Å². The second-order valence-corrected chi connectivity index (χ2v) is 7.63. The van der Waals surface area contributed by atoms with Crippen LogP contribution in [0, 0.1) is 17.8 Å². The average Bonchev–Trinajstić information content (AvgIpc) is 2.54. The summed E-state index contributed by atoms with van der Waals surface area (Å²) < 4.78 is 0. The second kappa shape index (κ2) is 8.30. The molecule has 2 rings (SSSR count). The first-order chi connectivity index (χ1) is 10.5. The molecular weight excluding hydrogens is 274 g/mol. The first-order valence-corrected chi connectivity index (χ1v) is 9.20. The summed E-state index contributed by atoms with van der Waals surface area (Å²) in [7, 11) is 1.91. The van der Waals surface area contributed by atoms with Gasteiger partial charge in [0, 0.05) is 44.7 Å². The fourth-order valence-corrected chi connectivity index (χ4v) is 4.15. The molecule has 1 aliphatic carbocycles. The van der Waals surface area contributed by atoms with Gasteiger partial charge in [-0.15, -0.1) is 0 Å². The van der Waals surface area contributed by atoms with Crippen molar-refractivity contribution in [2.45, 2.75) is 52.5 Å². The Morgan fingerprint density at radius 2 is 1.64 bits per heavy atom. The van der Waals surface area contributed by atoms with Crippen LogP contribution >= 0.6 is 0 Å². The van der Waals surface area contributed by atoms with Crippen molar-refractivity contribution in [3.8, 4) is 0 Å². The van der Waals surface area contributed by atoms with Crippen LogP contribution in [-0.4, -0.2) is 61.5 Å². The summed E-state index contributed by atoms with van der Waals surface area (Å²) in [6, 6.07) is 0.766. The summed E-state index contributed by atoms with van der Waals surface area (Å²) >= 11 is 0. The minimum Gasteiger partial charge on any atom is -0.340 e. The van der Waals surface area contributed by atoms with Crippen LogP contribution in [0.1, 0.15) is 46.5 Å². The molecule has 0 spiro atoms. The van der Waals surface area contributed by atoms with Gasteiger partial charge in [-0.1, -0.05) is 20.8 Å². The molecule has 2 aliphatic rings. The Kier molecular flexibility index (Phi) is 6.69. The second-order valence-electron chi connectivity index (χ2n) is 7.63. The summed E-state index contributed by atoms with van der Waals surface area (Å²) in [5.74, 6) is 2.18. The Morgan fingerprint density at radius 1 is 1.05 bits per heavy atom. The zero-order valence-corrected chi connectivity index (χ0v) is 15.0. The Labute approximate surface area is 136 Å². The first kappa shape index (κ1) is 17.7. The van der Waals surface area contributed by atoms with Gasteiger partial charge in [0.05, 0.1) is 0 Å². The molecule has 1 saturated heterocycles. The maximum Gasteiger partial charge on any atom is 0.226 e. The van der Waals surface area contributed by atoms with Crippen LogP contribution in [0.3, 0.4) is 0 Å². The summed E-state index contributed by atoms with van der Waals surface area (Å²) in [5.41, 5.74) is 0. The van der Waals surface area contributed by atoms with Crippen molar-refractivity contribution in [2.75, 3.05) is 39.8 Å². The van der Waals surface area contributed by atoms with E-state index in [4.69, 9.17) is 0 Å². The molecule has 1 saturated carbocycles. The fourth-order valence-electron chi connectivity index (χ4n) is 4.15. The Hall–Kier alpha value is -0.610. The molecule has 0 aromatic carbocycles. The molecule has 4 nitrogen and oxygen atoms in total. The van der Waals surface area contributed by atoms with Crippen LogP contribution < -0.4 is 5.32 Å². The van der Waals surface area contributed by atoms with Crippen LogP contribution in [0.5, 0.6) is 0 Å². The molecule has 1 amide bonds. The van der Waals surface area contributed by atoms with Crippen LogP contribution in [0.2, 0.25) is 0 Å². The number of carbonyl (C=O) groups is 1. The van der Waals surface area contributed by atoms with Crippen LogP contribution in [0.25, 0.3) is 0 Å². The largest absolute Gasteiger partial charge is 0.340 e. The average molecular weight is 309 g/mol. The molecule has 22 heavy (non-hydrogen) atoms. The van der Waals surface area contributed by atoms with Gasteiger partial charge in [0.25, 0.3) is 0 Å². The standard InChI is InChI=1S/C18H35N3O/c1-14(2)16-5-7-17(8-6-16)20-9-11-21(12-10-20)18(22)15(3)13-19-4/h14-17,19H,5-13H2,1-4H3. The highest BCUT2D eigenvalue weighted by Crippen LogP contribution is 2.32. The lowest BCUT2D eigenvalue weighted by molar-refractivity contribution is -0.137. The number of nitrogens with zero attached hydrogens (tertiary/aromatic N) is 2. The van der Waals surface area contributed by atoms with Gasteiger partial charge in [-0.2, -0.15) is 0 Å². The molecule has 0 radical (unpaired) electrons. The highest BCUT2D eigenvalue weighted by Gasteiger charge is 2.31. The van der Waals surface area contributed by atoms with E-state index in [0.29, 0.717) is 5.91 Å². The molecule has 0 bridgehead atoms. The molecular formula is C18H35N3O. The van der Waals surface area contributed by atoms with E-state index in [9.17, 15) is 4.79 Å². The van der Waals surface area contributed by atoms with E-state index in [1.165, 1.54) is 25.7 Å². The number of hydrogen-bond acceptors (Lipinski definition) is 3. The van der Waals surface area contributed by atoms with Gasteiger partial charge >= 0.3 is 0 Å². The van der Waals surface area contributed by atoms with Gasteiger partial charge in [0.1, 0.15) is 0 Å². The fraction of sp³-hybridized carbons (Fsp3) is 0.944. The molecule has 1 heterocycles. The van der Waals surface area contributed by atoms with Crippen LogP contribution in [0.4, 0.5) is 0 Å². The summed E-state index contributed by atoms with van der Waals surface area (Å²) in [6.45, 7) is 11.5. The molecule has 1 aliphatic heterocycles. The SMILES string of the molecule is CNCC(C)C(=O)N1CCN(C2CCC(C(C)C)CC2)CC1. The predicted molar refractivity (Wildman–Crippen MR) is 91.8 cm³/mol. The Morgan fingerprint density at radius 3 is 2.14 bits per heavy atom. The molecule has 0 aromatic rings. The van der Waals surface area contributed by atoms with E-state index < -0.39 is 0 Å². The molecule has 0 aromatic heterocycles. The van der Waals surface area contributed by atoms with Gasteiger partial charge in [-0.05, 0) is 44.6 Å². The lowest BCUT2D eigenvalue weighted by Crippen LogP contribution is -2.54. The van der Waals surface area contributed by atoms with Crippen molar-refractivity contribution in [3.63, 3.8) is 0 Å². The van der Waals surface area contributed by atoms with Crippen molar-refractivity contribution in [1.29, 1.82) is 0 Å². The van der Waals surface area contributed by atoms with Gasteiger partial charge in [-0.25, -0.2) is 0 Å². The summed E-state index contributed by atoms with van der Waals surface area (Å²) in [6.07, 6.45) is 5.49. The van der Waals surface area contributed by atoms with E-state index in [0.717, 1.165) is 50.6 Å². The molecule has 1 unspecified atom stereocenters. The van der Waals surface area contributed by atoms with E-state index in [-0.39, 0.29) is 5.92 Å². The maximum atomic E-state index is 12.4. The molecule has 2 fully saturated rings. The van der Waals surface area contributed by atoms with Gasteiger partial charge in [0.15, 0.2) is 0 Å². The zero-order chi connectivity index (χ0) is 16.1. The quantitative estimate of drug-likeness (QED) is 0.846. The van der Waals surface area contributed by atoms with E-state index in [1.807, 2.05) is 14.0 Å². The number of piperazine rings is 1. The van der Waals surface area contributed by atoms with Gasteiger partial charge in [-0.3, -0.25) is 9.69 Å². The molecule has 1 atom stereocenters. The topological polar surface area (TPSA) is 35.6 Å². The minimum absolute atomic E-state index is 0.0954. The van der Waals surface area contributed by atoms with E-state index in [2.05, 4.69) is 29.0 Å².